The van der Waals surface area contributed by atoms with Gasteiger partial charge in [-0.2, -0.15) is 0 Å². The highest BCUT2D eigenvalue weighted by molar-refractivity contribution is 4.84. The van der Waals surface area contributed by atoms with Crippen molar-refractivity contribution in [2.45, 2.75) is 58.2 Å². The molecule has 2 nitrogen and oxygen atoms in total. The molecule has 1 aliphatic rings. The van der Waals surface area contributed by atoms with Gasteiger partial charge in [0, 0.05) is 12.6 Å². The van der Waals surface area contributed by atoms with Gasteiger partial charge < -0.3 is 10.1 Å². The summed E-state index contributed by atoms with van der Waals surface area (Å²) in [6, 6.07) is 0.193. The third kappa shape index (κ3) is 4.79. The van der Waals surface area contributed by atoms with E-state index >= 15 is 0 Å². The van der Waals surface area contributed by atoms with Crippen LogP contribution in [0.3, 0.4) is 0 Å². The SMILES string of the molecule is CCC(CC)CC(C)(F)CC1COCCN1. The van der Waals surface area contributed by atoms with E-state index in [0.29, 0.717) is 25.4 Å². The molecule has 2 atom stereocenters. The van der Waals surface area contributed by atoms with E-state index in [-0.39, 0.29) is 6.04 Å². The Hall–Kier alpha value is -0.150. The molecule has 96 valence electrons. The first-order valence-corrected chi connectivity index (χ1v) is 6.57. The molecule has 0 aliphatic carbocycles. The molecule has 1 fully saturated rings. The van der Waals surface area contributed by atoms with Crippen LogP contribution < -0.4 is 5.32 Å². The lowest BCUT2D eigenvalue weighted by Gasteiger charge is -2.31. The van der Waals surface area contributed by atoms with Crippen LogP contribution in [0.15, 0.2) is 0 Å². The highest BCUT2D eigenvalue weighted by Gasteiger charge is 2.30. The summed E-state index contributed by atoms with van der Waals surface area (Å²) in [6.07, 6.45) is 3.40. The molecule has 0 aromatic heterocycles. The molecule has 0 aromatic rings. The van der Waals surface area contributed by atoms with Gasteiger partial charge in [0.25, 0.3) is 0 Å². The van der Waals surface area contributed by atoms with E-state index in [9.17, 15) is 4.39 Å². The van der Waals surface area contributed by atoms with E-state index in [1.54, 1.807) is 6.92 Å². The molecule has 1 heterocycles. The number of morpholine rings is 1. The number of hydrogen-bond donors (Lipinski definition) is 1. The first kappa shape index (κ1) is 13.9. The van der Waals surface area contributed by atoms with Crippen LogP contribution in [0.1, 0.15) is 46.5 Å². The Morgan fingerprint density at radius 1 is 1.44 bits per heavy atom. The molecule has 1 N–H and O–H groups in total. The predicted octanol–water partition coefficient (Wildman–Crippen LogP) is 2.92. The molecule has 0 bridgehead atoms. The number of ether oxygens (including phenoxy) is 1. The summed E-state index contributed by atoms with van der Waals surface area (Å²) in [4.78, 5) is 0. The number of halogens is 1. The van der Waals surface area contributed by atoms with E-state index in [4.69, 9.17) is 4.74 Å². The van der Waals surface area contributed by atoms with E-state index in [2.05, 4.69) is 19.2 Å². The van der Waals surface area contributed by atoms with Gasteiger partial charge in [0.05, 0.1) is 13.2 Å². The van der Waals surface area contributed by atoms with Crippen LogP contribution in [0.4, 0.5) is 4.39 Å². The Morgan fingerprint density at radius 3 is 2.62 bits per heavy atom. The normalized spacial score (nSPS) is 25.7. The quantitative estimate of drug-likeness (QED) is 0.759. The van der Waals surface area contributed by atoms with Crippen LogP contribution in [0.5, 0.6) is 0 Å². The summed E-state index contributed by atoms with van der Waals surface area (Å²) in [5.74, 6) is 0.513. The van der Waals surface area contributed by atoms with Gasteiger partial charge in [-0.1, -0.05) is 26.7 Å². The first-order chi connectivity index (χ1) is 7.57. The monoisotopic (exact) mass is 231 g/mol. The second kappa shape index (κ2) is 6.55. The Kier molecular flexibility index (Phi) is 5.70. The standard InChI is InChI=1S/C13H26FNO/c1-4-11(5-2)8-13(3,14)9-12-10-16-7-6-15-12/h11-12,15H,4-10H2,1-3H3. The van der Waals surface area contributed by atoms with Gasteiger partial charge in [0.15, 0.2) is 0 Å². The highest BCUT2D eigenvalue weighted by atomic mass is 19.1. The summed E-state index contributed by atoms with van der Waals surface area (Å²) < 4.78 is 19.8. The van der Waals surface area contributed by atoms with Crippen LogP contribution in [-0.2, 0) is 4.74 Å². The minimum Gasteiger partial charge on any atom is -0.379 e. The smallest absolute Gasteiger partial charge is 0.110 e. The van der Waals surface area contributed by atoms with Crippen LogP contribution >= 0.6 is 0 Å². The van der Waals surface area contributed by atoms with Crippen molar-refractivity contribution >= 4 is 0 Å². The molecule has 2 unspecified atom stereocenters. The average molecular weight is 231 g/mol. The molecule has 16 heavy (non-hydrogen) atoms. The fraction of sp³-hybridized carbons (Fsp3) is 1.00. The first-order valence-electron chi connectivity index (χ1n) is 6.57. The number of rotatable bonds is 6. The van der Waals surface area contributed by atoms with Crippen molar-refractivity contribution in [2.24, 2.45) is 5.92 Å². The van der Waals surface area contributed by atoms with Crippen molar-refractivity contribution in [1.82, 2.24) is 5.32 Å². The number of nitrogens with one attached hydrogen (secondary N) is 1. The Morgan fingerprint density at radius 2 is 2.12 bits per heavy atom. The van der Waals surface area contributed by atoms with Gasteiger partial charge in [-0.3, -0.25) is 0 Å². The largest absolute Gasteiger partial charge is 0.379 e. The molecule has 1 saturated heterocycles. The molecular formula is C13H26FNO. The lowest BCUT2D eigenvalue weighted by Crippen LogP contribution is -2.45. The van der Waals surface area contributed by atoms with Gasteiger partial charge in [0.2, 0.25) is 0 Å². The zero-order chi connectivity index (χ0) is 12.0. The molecule has 0 aromatic carbocycles. The summed E-state index contributed by atoms with van der Waals surface area (Å²) in [7, 11) is 0. The minimum atomic E-state index is -1.06. The topological polar surface area (TPSA) is 21.3 Å². The molecule has 0 amide bonds. The molecule has 1 rings (SSSR count). The van der Waals surface area contributed by atoms with E-state index < -0.39 is 5.67 Å². The lowest BCUT2D eigenvalue weighted by atomic mass is 9.85. The summed E-state index contributed by atoms with van der Waals surface area (Å²) in [6.45, 7) is 8.29. The van der Waals surface area contributed by atoms with Crippen molar-refractivity contribution in [3.8, 4) is 0 Å². The molecule has 0 saturated carbocycles. The fourth-order valence-electron chi connectivity index (χ4n) is 2.53. The molecular weight excluding hydrogens is 205 g/mol. The zero-order valence-electron chi connectivity index (χ0n) is 10.9. The van der Waals surface area contributed by atoms with Gasteiger partial charge >= 0.3 is 0 Å². The van der Waals surface area contributed by atoms with Crippen LogP contribution in [-0.4, -0.2) is 31.5 Å². The van der Waals surface area contributed by atoms with Crippen molar-refractivity contribution in [1.29, 1.82) is 0 Å². The summed E-state index contributed by atoms with van der Waals surface area (Å²) in [5.41, 5.74) is -1.06. The Labute approximate surface area is 98.9 Å². The van der Waals surface area contributed by atoms with Crippen molar-refractivity contribution < 1.29 is 9.13 Å². The number of hydrogen-bond acceptors (Lipinski definition) is 2. The summed E-state index contributed by atoms with van der Waals surface area (Å²) >= 11 is 0. The molecule has 0 radical (unpaired) electrons. The Balaban J connectivity index is 2.36. The Bertz CT molecular complexity index is 186. The van der Waals surface area contributed by atoms with E-state index in [1.165, 1.54) is 0 Å². The zero-order valence-corrected chi connectivity index (χ0v) is 10.9. The molecule has 1 aliphatic heterocycles. The van der Waals surface area contributed by atoms with Crippen LogP contribution in [0, 0.1) is 5.92 Å². The van der Waals surface area contributed by atoms with Crippen LogP contribution in [0.2, 0.25) is 0 Å². The summed E-state index contributed by atoms with van der Waals surface area (Å²) in [5, 5.41) is 3.32. The van der Waals surface area contributed by atoms with Crippen molar-refractivity contribution in [3.05, 3.63) is 0 Å². The highest BCUT2D eigenvalue weighted by Crippen LogP contribution is 2.29. The van der Waals surface area contributed by atoms with Crippen LogP contribution in [0.25, 0.3) is 0 Å². The molecule has 0 spiro atoms. The maximum Gasteiger partial charge on any atom is 0.110 e. The fourth-order valence-corrected chi connectivity index (χ4v) is 2.53. The maximum atomic E-state index is 14.4. The molecule has 3 heteroatoms. The average Bonchev–Trinajstić information content (AvgIpc) is 2.26. The van der Waals surface area contributed by atoms with E-state index in [0.717, 1.165) is 26.0 Å². The second-order valence-electron chi connectivity index (χ2n) is 5.23. The second-order valence-corrected chi connectivity index (χ2v) is 5.23. The van der Waals surface area contributed by atoms with Crippen molar-refractivity contribution in [3.63, 3.8) is 0 Å². The third-order valence-electron chi connectivity index (χ3n) is 3.54. The third-order valence-corrected chi connectivity index (χ3v) is 3.54. The van der Waals surface area contributed by atoms with Crippen molar-refractivity contribution in [2.75, 3.05) is 19.8 Å². The maximum absolute atomic E-state index is 14.4. The van der Waals surface area contributed by atoms with Gasteiger partial charge in [-0.15, -0.1) is 0 Å². The lowest BCUT2D eigenvalue weighted by molar-refractivity contribution is 0.0400. The van der Waals surface area contributed by atoms with Gasteiger partial charge in [-0.25, -0.2) is 4.39 Å². The minimum absolute atomic E-state index is 0.193. The number of alkyl halides is 1. The van der Waals surface area contributed by atoms with Gasteiger partial charge in [-0.05, 0) is 25.7 Å². The predicted molar refractivity (Wildman–Crippen MR) is 65.4 cm³/mol. The van der Waals surface area contributed by atoms with Gasteiger partial charge in [0.1, 0.15) is 5.67 Å². The van der Waals surface area contributed by atoms with E-state index in [1.807, 2.05) is 0 Å².